The van der Waals surface area contributed by atoms with Gasteiger partial charge in [0.15, 0.2) is 5.75 Å². The van der Waals surface area contributed by atoms with E-state index in [1.165, 1.54) is 22.8 Å². The Morgan fingerprint density at radius 1 is 1.07 bits per heavy atom. The minimum atomic E-state index is -0.380. The number of ether oxygens (including phenoxy) is 2. The van der Waals surface area contributed by atoms with Gasteiger partial charge in [-0.3, -0.25) is 14.4 Å². The standard InChI is InChI=1S/C19H21N3O5/c1-26-15-6-3-5-14(11-15)22-10-9-20(13-18(22)24)17(23)12-21-8-4-7-16(27-2)19(21)25/h3-8,11H,9-10,12-13H2,1-2H3. The summed E-state index contributed by atoms with van der Waals surface area (Å²) in [6, 6.07) is 10.4. The van der Waals surface area contributed by atoms with Crippen LogP contribution in [0.15, 0.2) is 47.4 Å². The lowest BCUT2D eigenvalue weighted by molar-refractivity contribution is -0.137. The summed E-state index contributed by atoms with van der Waals surface area (Å²) in [7, 11) is 2.97. The summed E-state index contributed by atoms with van der Waals surface area (Å²) in [5, 5.41) is 0. The number of aromatic nitrogens is 1. The predicted molar refractivity (Wildman–Crippen MR) is 99.2 cm³/mol. The number of benzene rings is 1. The van der Waals surface area contributed by atoms with Crippen LogP contribution in [-0.4, -0.2) is 55.1 Å². The molecule has 1 aliphatic heterocycles. The lowest BCUT2D eigenvalue weighted by Crippen LogP contribution is -2.53. The second kappa shape index (κ2) is 7.94. The zero-order chi connectivity index (χ0) is 19.4. The summed E-state index contributed by atoms with van der Waals surface area (Å²) >= 11 is 0. The van der Waals surface area contributed by atoms with E-state index < -0.39 is 0 Å². The molecule has 0 radical (unpaired) electrons. The predicted octanol–water partition coefficient (Wildman–Crippen LogP) is 0.741. The number of carbonyl (C=O) groups is 2. The SMILES string of the molecule is COc1cccc(N2CCN(C(=O)Cn3cccc(OC)c3=O)CC2=O)c1. The zero-order valence-electron chi connectivity index (χ0n) is 15.3. The van der Waals surface area contributed by atoms with Crippen molar-refractivity contribution in [3.8, 4) is 11.5 Å². The third-order valence-corrected chi connectivity index (χ3v) is 4.45. The number of anilines is 1. The number of carbonyl (C=O) groups excluding carboxylic acids is 2. The van der Waals surface area contributed by atoms with Crippen LogP contribution in [0.3, 0.4) is 0 Å². The highest BCUT2D eigenvalue weighted by molar-refractivity contribution is 5.98. The van der Waals surface area contributed by atoms with Gasteiger partial charge in [0.25, 0.3) is 5.56 Å². The summed E-state index contributed by atoms with van der Waals surface area (Å²) in [6.07, 6.45) is 1.52. The fourth-order valence-corrected chi connectivity index (χ4v) is 2.98. The van der Waals surface area contributed by atoms with Crippen LogP contribution in [0.1, 0.15) is 0 Å². The topological polar surface area (TPSA) is 81.1 Å². The number of amides is 2. The van der Waals surface area contributed by atoms with Crippen LogP contribution in [0.2, 0.25) is 0 Å². The van der Waals surface area contributed by atoms with Gasteiger partial charge in [-0.15, -0.1) is 0 Å². The number of methoxy groups -OCH3 is 2. The summed E-state index contributed by atoms with van der Waals surface area (Å²) in [4.78, 5) is 40.3. The van der Waals surface area contributed by atoms with Gasteiger partial charge in [0.2, 0.25) is 11.8 Å². The van der Waals surface area contributed by atoms with Crippen LogP contribution in [0, 0.1) is 0 Å². The molecular formula is C19H21N3O5. The van der Waals surface area contributed by atoms with Crippen LogP contribution in [0.5, 0.6) is 11.5 Å². The van der Waals surface area contributed by atoms with Gasteiger partial charge in [0.05, 0.1) is 14.2 Å². The smallest absolute Gasteiger partial charge is 0.293 e. The lowest BCUT2D eigenvalue weighted by Gasteiger charge is -2.34. The summed E-state index contributed by atoms with van der Waals surface area (Å²) in [6.45, 7) is 0.600. The molecule has 142 valence electrons. The Bertz CT molecular complexity index is 908. The van der Waals surface area contributed by atoms with Crippen molar-refractivity contribution >= 4 is 17.5 Å². The quantitative estimate of drug-likeness (QED) is 0.774. The van der Waals surface area contributed by atoms with Crippen molar-refractivity contribution in [2.45, 2.75) is 6.54 Å². The Balaban J connectivity index is 1.68. The molecule has 1 saturated heterocycles. The van der Waals surface area contributed by atoms with Crippen molar-refractivity contribution in [3.63, 3.8) is 0 Å². The average Bonchev–Trinajstić information content (AvgIpc) is 2.69. The second-order valence-electron chi connectivity index (χ2n) is 6.07. The highest BCUT2D eigenvalue weighted by Crippen LogP contribution is 2.22. The molecule has 8 heteroatoms. The molecule has 0 saturated carbocycles. The normalized spacial score (nSPS) is 14.2. The minimum Gasteiger partial charge on any atom is -0.497 e. The maximum Gasteiger partial charge on any atom is 0.293 e. The Morgan fingerprint density at radius 2 is 1.89 bits per heavy atom. The van der Waals surface area contributed by atoms with Gasteiger partial charge in [-0.25, -0.2) is 0 Å². The number of piperazine rings is 1. The maximum absolute atomic E-state index is 12.5. The summed E-state index contributed by atoms with van der Waals surface area (Å²) < 4.78 is 11.5. The number of hydrogen-bond acceptors (Lipinski definition) is 5. The molecule has 0 N–H and O–H groups in total. The molecule has 3 rings (SSSR count). The Labute approximate surface area is 156 Å². The maximum atomic E-state index is 12.5. The molecule has 2 amide bonds. The Morgan fingerprint density at radius 3 is 2.59 bits per heavy atom. The first-order chi connectivity index (χ1) is 13.0. The first kappa shape index (κ1) is 18.5. The van der Waals surface area contributed by atoms with Crippen molar-refractivity contribution in [3.05, 3.63) is 52.9 Å². The van der Waals surface area contributed by atoms with Gasteiger partial charge < -0.3 is 23.8 Å². The molecule has 0 atom stereocenters. The van der Waals surface area contributed by atoms with Gasteiger partial charge in [-0.2, -0.15) is 0 Å². The molecule has 1 aliphatic rings. The summed E-state index contributed by atoms with van der Waals surface area (Å²) in [5.74, 6) is 0.366. The molecule has 0 spiro atoms. The number of nitrogens with zero attached hydrogens (tertiary/aromatic N) is 3. The molecule has 8 nitrogen and oxygen atoms in total. The van der Waals surface area contributed by atoms with Gasteiger partial charge >= 0.3 is 0 Å². The van der Waals surface area contributed by atoms with Crippen molar-refractivity contribution in [1.29, 1.82) is 0 Å². The molecule has 2 aromatic rings. The van der Waals surface area contributed by atoms with E-state index in [2.05, 4.69) is 0 Å². The molecular weight excluding hydrogens is 350 g/mol. The van der Waals surface area contributed by atoms with E-state index in [0.717, 1.165) is 5.69 Å². The first-order valence-electron chi connectivity index (χ1n) is 8.49. The molecule has 0 bridgehead atoms. The van der Waals surface area contributed by atoms with Gasteiger partial charge in [-0.05, 0) is 24.3 Å². The van der Waals surface area contributed by atoms with Crippen LogP contribution in [0.4, 0.5) is 5.69 Å². The van der Waals surface area contributed by atoms with E-state index in [9.17, 15) is 14.4 Å². The van der Waals surface area contributed by atoms with Crippen LogP contribution >= 0.6 is 0 Å². The van der Waals surface area contributed by atoms with E-state index in [-0.39, 0.29) is 36.2 Å². The molecule has 0 aliphatic carbocycles. The largest absolute Gasteiger partial charge is 0.497 e. The fourth-order valence-electron chi connectivity index (χ4n) is 2.98. The number of pyridine rings is 1. The van der Waals surface area contributed by atoms with E-state index >= 15 is 0 Å². The number of hydrogen-bond donors (Lipinski definition) is 0. The van der Waals surface area contributed by atoms with E-state index in [0.29, 0.717) is 18.8 Å². The Hall–Kier alpha value is -3.29. The lowest BCUT2D eigenvalue weighted by atomic mass is 10.2. The average molecular weight is 371 g/mol. The summed E-state index contributed by atoms with van der Waals surface area (Å²) in [5.41, 5.74) is 0.352. The molecule has 1 aromatic heterocycles. The van der Waals surface area contributed by atoms with Gasteiger partial charge in [0.1, 0.15) is 18.8 Å². The van der Waals surface area contributed by atoms with E-state index in [1.54, 1.807) is 36.3 Å². The van der Waals surface area contributed by atoms with Crippen molar-refractivity contribution in [1.82, 2.24) is 9.47 Å². The first-order valence-corrected chi connectivity index (χ1v) is 8.49. The monoisotopic (exact) mass is 371 g/mol. The number of rotatable bonds is 5. The minimum absolute atomic E-state index is 0.0330. The van der Waals surface area contributed by atoms with Crippen molar-refractivity contribution < 1.29 is 19.1 Å². The second-order valence-corrected chi connectivity index (χ2v) is 6.07. The zero-order valence-corrected chi connectivity index (χ0v) is 15.3. The van der Waals surface area contributed by atoms with Gasteiger partial charge in [0, 0.05) is 31.0 Å². The third-order valence-electron chi connectivity index (χ3n) is 4.45. The van der Waals surface area contributed by atoms with Crippen LogP contribution in [-0.2, 0) is 16.1 Å². The fraction of sp³-hybridized carbons (Fsp3) is 0.316. The molecule has 27 heavy (non-hydrogen) atoms. The van der Waals surface area contributed by atoms with E-state index in [4.69, 9.17) is 9.47 Å². The highest BCUT2D eigenvalue weighted by atomic mass is 16.5. The van der Waals surface area contributed by atoms with Crippen molar-refractivity contribution in [2.75, 3.05) is 38.8 Å². The third kappa shape index (κ3) is 3.94. The molecule has 2 heterocycles. The molecule has 1 aromatic carbocycles. The van der Waals surface area contributed by atoms with Crippen molar-refractivity contribution in [2.24, 2.45) is 0 Å². The van der Waals surface area contributed by atoms with Crippen LogP contribution < -0.4 is 19.9 Å². The van der Waals surface area contributed by atoms with Gasteiger partial charge in [-0.1, -0.05) is 6.07 Å². The molecule has 0 unspecified atom stereocenters. The molecule has 1 fully saturated rings. The Kier molecular flexibility index (Phi) is 5.44. The highest BCUT2D eigenvalue weighted by Gasteiger charge is 2.28. The van der Waals surface area contributed by atoms with E-state index in [1.807, 2.05) is 12.1 Å². The van der Waals surface area contributed by atoms with Crippen LogP contribution in [0.25, 0.3) is 0 Å².